The van der Waals surface area contributed by atoms with Crippen LogP contribution in [0.2, 0.25) is 0 Å². The first-order valence-corrected chi connectivity index (χ1v) is 10.1. The van der Waals surface area contributed by atoms with Crippen molar-refractivity contribution in [2.45, 2.75) is 26.2 Å². The lowest BCUT2D eigenvalue weighted by Gasteiger charge is -2.18. The Kier molecular flexibility index (Phi) is 6.26. The van der Waals surface area contributed by atoms with Gasteiger partial charge in [-0.3, -0.25) is 10.1 Å². The number of aromatic nitrogens is 2. The van der Waals surface area contributed by atoms with Crippen molar-refractivity contribution in [1.82, 2.24) is 10.2 Å². The van der Waals surface area contributed by atoms with Crippen LogP contribution < -0.4 is 19.5 Å². The second-order valence-electron chi connectivity index (χ2n) is 7.61. The van der Waals surface area contributed by atoms with Crippen LogP contribution in [0.4, 0.5) is 5.13 Å². The first-order chi connectivity index (χ1) is 14.3. The van der Waals surface area contributed by atoms with Crippen molar-refractivity contribution >= 4 is 22.4 Å². The lowest BCUT2D eigenvalue weighted by Crippen LogP contribution is -2.12. The van der Waals surface area contributed by atoms with Crippen LogP contribution in [-0.4, -0.2) is 37.4 Å². The van der Waals surface area contributed by atoms with Gasteiger partial charge in [0.15, 0.2) is 11.5 Å². The van der Waals surface area contributed by atoms with E-state index in [0.717, 1.165) is 10.6 Å². The normalized spacial score (nSPS) is 11.1. The van der Waals surface area contributed by atoms with Crippen molar-refractivity contribution in [2.24, 2.45) is 0 Å². The molecule has 0 spiro atoms. The summed E-state index contributed by atoms with van der Waals surface area (Å²) in [6.07, 6.45) is 0. The summed E-state index contributed by atoms with van der Waals surface area (Å²) in [6, 6.07) is 11.4. The molecule has 3 rings (SSSR count). The van der Waals surface area contributed by atoms with Crippen molar-refractivity contribution in [1.29, 1.82) is 0 Å². The molecule has 3 aromatic rings. The van der Waals surface area contributed by atoms with E-state index in [9.17, 15) is 4.79 Å². The summed E-state index contributed by atoms with van der Waals surface area (Å²) in [5, 5.41) is 12.2. The molecule has 7 nitrogen and oxygen atoms in total. The predicted molar refractivity (Wildman–Crippen MR) is 118 cm³/mol. The van der Waals surface area contributed by atoms with Crippen LogP contribution in [0.5, 0.6) is 17.2 Å². The topological polar surface area (TPSA) is 82.6 Å². The zero-order chi connectivity index (χ0) is 21.9. The molecule has 0 aliphatic heterocycles. The number of rotatable bonds is 6. The van der Waals surface area contributed by atoms with E-state index in [0.29, 0.717) is 27.9 Å². The van der Waals surface area contributed by atoms with Gasteiger partial charge in [-0.15, -0.1) is 10.2 Å². The SMILES string of the molecule is COc1cc(C(=O)Nc2nnc(-c3ccc(C(C)(C)C)cc3)s2)cc(OC)c1OC. The number of hydrogen-bond acceptors (Lipinski definition) is 7. The van der Waals surface area contributed by atoms with E-state index in [4.69, 9.17) is 14.2 Å². The van der Waals surface area contributed by atoms with Gasteiger partial charge in [-0.2, -0.15) is 0 Å². The zero-order valence-electron chi connectivity index (χ0n) is 17.9. The minimum Gasteiger partial charge on any atom is -0.493 e. The van der Waals surface area contributed by atoms with Gasteiger partial charge in [0.25, 0.3) is 5.91 Å². The van der Waals surface area contributed by atoms with Gasteiger partial charge in [0.05, 0.1) is 21.3 Å². The van der Waals surface area contributed by atoms with Crippen LogP contribution in [0.25, 0.3) is 10.6 Å². The molecule has 0 fully saturated rings. The quantitative estimate of drug-likeness (QED) is 0.610. The molecular formula is C22H25N3O4S. The zero-order valence-corrected chi connectivity index (χ0v) is 18.7. The molecule has 30 heavy (non-hydrogen) atoms. The molecular weight excluding hydrogens is 402 g/mol. The Balaban J connectivity index is 1.80. The summed E-state index contributed by atoms with van der Waals surface area (Å²) < 4.78 is 15.9. The molecule has 0 radical (unpaired) electrons. The molecule has 0 atom stereocenters. The Hall–Kier alpha value is -3.13. The summed E-state index contributed by atoms with van der Waals surface area (Å²) in [6.45, 7) is 6.51. The van der Waals surface area contributed by atoms with Crippen molar-refractivity contribution in [3.8, 4) is 27.8 Å². The highest BCUT2D eigenvalue weighted by Gasteiger charge is 2.19. The maximum absolute atomic E-state index is 12.7. The summed E-state index contributed by atoms with van der Waals surface area (Å²) in [5.74, 6) is 0.881. The summed E-state index contributed by atoms with van der Waals surface area (Å²) in [5.41, 5.74) is 2.63. The smallest absolute Gasteiger partial charge is 0.257 e. The Morgan fingerprint density at radius 3 is 2.03 bits per heavy atom. The molecule has 2 aromatic carbocycles. The maximum atomic E-state index is 12.7. The van der Waals surface area contributed by atoms with Gasteiger partial charge in [-0.25, -0.2) is 0 Å². The van der Waals surface area contributed by atoms with Gasteiger partial charge in [-0.1, -0.05) is 56.4 Å². The van der Waals surface area contributed by atoms with Gasteiger partial charge in [0, 0.05) is 11.1 Å². The molecule has 1 amide bonds. The van der Waals surface area contributed by atoms with E-state index in [1.165, 1.54) is 38.2 Å². The Morgan fingerprint density at radius 1 is 0.933 bits per heavy atom. The molecule has 1 N–H and O–H groups in total. The Bertz CT molecular complexity index is 1010. The number of anilines is 1. The number of amides is 1. The molecule has 1 aromatic heterocycles. The third-order valence-corrected chi connectivity index (χ3v) is 5.46. The van der Waals surface area contributed by atoms with Gasteiger partial charge < -0.3 is 14.2 Å². The second-order valence-corrected chi connectivity index (χ2v) is 8.59. The van der Waals surface area contributed by atoms with E-state index in [1.807, 2.05) is 12.1 Å². The Morgan fingerprint density at radius 2 is 1.53 bits per heavy atom. The monoisotopic (exact) mass is 427 g/mol. The molecule has 0 bridgehead atoms. The van der Waals surface area contributed by atoms with Crippen LogP contribution in [0.15, 0.2) is 36.4 Å². The lowest BCUT2D eigenvalue weighted by atomic mass is 9.87. The van der Waals surface area contributed by atoms with Crippen molar-refractivity contribution in [3.63, 3.8) is 0 Å². The number of ether oxygens (including phenoxy) is 3. The number of benzene rings is 2. The third kappa shape index (κ3) is 4.54. The van der Waals surface area contributed by atoms with Crippen LogP contribution in [-0.2, 0) is 5.41 Å². The van der Waals surface area contributed by atoms with E-state index in [1.54, 1.807) is 12.1 Å². The molecule has 0 saturated heterocycles. The van der Waals surface area contributed by atoms with Crippen LogP contribution in [0, 0.1) is 0 Å². The highest BCUT2D eigenvalue weighted by atomic mass is 32.1. The summed E-state index contributed by atoms with van der Waals surface area (Å²) in [7, 11) is 4.51. The van der Waals surface area contributed by atoms with Crippen LogP contribution in [0.3, 0.4) is 0 Å². The van der Waals surface area contributed by atoms with E-state index < -0.39 is 0 Å². The van der Waals surface area contributed by atoms with Gasteiger partial charge in [-0.05, 0) is 23.1 Å². The fourth-order valence-electron chi connectivity index (χ4n) is 2.88. The number of hydrogen-bond donors (Lipinski definition) is 1. The first-order valence-electron chi connectivity index (χ1n) is 9.32. The number of nitrogens with one attached hydrogen (secondary N) is 1. The van der Waals surface area contributed by atoms with E-state index in [2.05, 4.69) is 48.4 Å². The maximum Gasteiger partial charge on any atom is 0.257 e. The van der Waals surface area contributed by atoms with Gasteiger partial charge in [0.2, 0.25) is 10.9 Å². The van der Waals surface area contributed by atoms with Gasteiger partial charge in [0.1, 0.15) is 5.01 Å². The fraction of sp³-hybridized carbons (Fsp3) is 0.318. The van der Waals surface area contributed by atoms with Crippen molar-refractivity contribution in [2.75, 3.05) is 26.6 Å². The largest absolute Gasteiger partial charge is 0.493 e. The number of methoxy groups -OCH3 is 3. The molecule has 158 valence electrons. The minimum atomic E-state index is -0.347. The minimum absolute atomic E-state index is 0.0826. The predicted octanol–water partition coefficient (Wildman–Crippen LogP) is 4.78. The number of carbonyl (C=O) groups is 1. The summed E-state index contributed by atoms with van der Waals surface area (Å²) in [4.78, 5) is 12.7. The molecule has 0 unspecified atom stereocenters. The van der Waals surface area contributed by atoms with Crippen LogP contribution >= 0.6 is 11.3 Å². The fourth-order valence-corrected chi connectivity index (χ4v) is 3.63. The van der Waals surface area contributed by atoms with E-state index >= 15 is 0 Å². The van der Waals surface area contributed by atoms with E-state index in [-0.39, 0.29) is 11.3 Å². The first kappa shape index (κ1) is 21.6. The molecule has 1 heterocycles. The molecule has 8 heteroatoms. The standard InChI is InChI=1S/C22H25N3O4S/c1-22(2,3)15-9-7-13(8-10-15)20-24-25-21(30-20)23-19(26)14-11-16(27-4)18(29-6)17(12-14)28-5/h7-12H,1-6H3,(H,23,25,26). The lowest BCUT2D eigenvalue weighted by molar-refractivity contribution is 0.102. The average molecular weight is 428 g/mol. The number of nitrogens with zero attached hydrogens (tertiary/aromatic N) is 2. The highest BCUT2D eigenvalue weighted by molar-refractivity contribution is 7.18. The third-order valence-electron chi connectivity index (χ3n) is 4.57. The summed E-state index contributed by atoms with van der Waals surface area (Å²) >= 11 is 1.31. The van der Waals surface area contributed by atoms with Crippen molar-refractivity contribution < 1.29 is 19.0 Å². The van der Waals surface area contributed by atoms with Gasteiger partial charge >= 0.3 is 0 Å². The second kappa shape index (κ2) is 8.71. The Labute approximate surface area is 180 Å². The average Bonchev–Trinajstić information content (AvgIpc) is 3.20. The molecule has 0 saturated carbocycles. The number of carbonyl (C=O) groups excluding carboxylic acids is 1. The highest BCUT2D eigenvalue weighted by Crippen LogP contribution is 2.38. The van der Waals surface area contributed by atoms with Crippen molar-refractivity contribution in [3.05, 3.63) is 47.5 Å². The van der Waals surface area contributed by atoms with Crippen LogP contribution in [0.1, 0.15) is 36.7 Å². The molecule has 0 aliphatic rings. The molecule has 0 aliphatic carbocycles.